The molecule has 1 N–H and O–H groups in total. The summed E-state index contributed by atoms with van der Waals surface area (Å²) < 4.78 is 53.5. The topological polar surface area (TPSA) is 56.8 Å². The molecule has 0 heterocycles. The van der Waals surface area contributed by atoms with Crippen LogP contribution in [0.3, 0.4) is 0 Å². The van der Waals surface area contributed by atoms with Crippen molar-refractivity contribution in [2.24, 2.45) is 0 Å². The number of rotatable bonds is 6. The molecular formula is C17H16F3NO4. The predicted octanol–water partition coefficient (Wildman–Crippen LogP) is 3.74. The van der Waals surface area contributed by atoms with E-state index in [-0.39, 0.29) is 12.3 Å². The number of hydrogen-bond donors (Lipinski definition) is 1. The molecule has 0 bridgehead atoms. The molecule has 8 heteroatoms. The van der Waals surface area contributed by atoms with E-state index in [2.05, 4.69) is 5.32 Å². The van der Waals surface area contributed by atoms with Gasteiger partial charge in [0.15, 0.2) is 6.61 Å². The summed E-state index contributed by atoms with van der Waals surface area (Å²) in [5.41, 5.74) is -0.810. The Kier molecular flexibility index (Phi) is 5.74. The van der Waals surface area contributed by atoms with Crippen LogP contribution in [-0.2, 0) is 11.0 Å². The SMILES string of the molecule is COc1cc(OC)cc(OCC(=O)Nc2cccc(C(F)(F)F)c2)c1. The van der Waals surface area contributed by atoms with Gasteiger partial charge >= 0.3 is 6.18 Å². The van der Waals surface area contributed by atoms with Crippen molar-refractivity contribution in [3.05, 3.63) is 48.0 Å². The number of benzene rings is 2. The number of methoxy groups -OCH3 is 2. The maximum atomic E-state index is 12.7. The molecule has 0 unspecified atom stereocenters. The van der Waals surface area contributed by atoms with Gasteiger partial charge in [-0.2, -0.15) is 13.2 Å². The monoisotopic (exact) mass is 355 g/mol. The molecule has 134 valence electrons. The molecule has 0 radical (unpaired) electrons. The van der Waals surface area contributed by atoms with E-state index in [1.807, 2.05) is 0 Å². The molecule has 5 nitrogen and oxygen atoms in total. The van der Waals surface area contributed by atoms with Crippen LogP contribution in [0.15, 0.2) is 42.5 Å². The molecule has 0 atom stereocenters. The Bertz CT molecular complexity index is 725. The van der Waals surface area contributed by atoms with Crippen LogP contribution in [0.2, 0.25) is 0 Å². The number of carbonyl (C=O) groups excluding carboxylic acids is 1. The highest BCUT2D eigenvalue weighted by atomic mass is 19.4. The normalized spacial score (nSPS) is 10.9. The zero-order chi connectivity index (χ0) is 18.4. The third-order valence-electron chi connectivity index (χ3n) is 3.17. The molecule has 0 saturated heterocycles. The molecule has 0 aliphatic carbocycles. The van der Waals surface area contributed by atoms with E-state index < -0.39 is 17.6 Å². The number of hydrogen-bond acceptors (Lipinski definition) is 4. The first-order chi connectivity index (χ1) is 11.8. The number of carbonyl (C=O) groups is 1. The summed E-state index contributed by atoms with van der Waals surface area (Å²) in [6.07, 6.45) is -4.48. The minimum Gasteiger partial charge on any atom is -0.496 e. The minimum atomic E-state index is -4.48. The highest BCUT2D eigenvalue weighted by molar-refractivity contribution is 5.91. The van der Waals surface area contributed by atoms with Gasteiger partial charge in [-0.25, -0.2) is 0 Å². The van der Waals surface area contributed by atoms with Gasteiger partial charge in [0.1, 0.15) is 17.2 Å². The van der Waals surface area contributed by atoms with Crippen molar-refractivity contribution >= 4 is 11.6 Å². The van der Waals surface area contributed by atoms with E-state index in [4.69, 9.17) is 14.2 Å². The van der Waals surface area contributed by atoms with Crippen LogP contribution in [0.5, 0.6) is 17.2 Å². The summed E-state index contributed by atoms with van der Waals surface area (Å²) in [4.78, 5) is 11.9. The first kappa shape index (κ1) is 18.4. The fourth-order valence-electron chi connectivity index (χ4n) is 1.98. The highest BCUT2D eigenvalue weighted by Gasteiger charge is 2.30. The van der Waals surface area contributed by atoms with Gasteiger partial charge in [0.25, 0.3) is 5.91 Å². The van der Waals surface area contributed by atoms with Crippen LogP contribution in [-0.4, -0.2) is 26.7 Å². The van der Waals surface area contributed by atoms with Gasteiger partial charge in [0.2, 0.25) is 0 Å². The standard InChI is InChI=1S/C17H16F3NO4/c1-23-13-7-14(24-2)9-15(8-13)25-10-16(22)21-12-5-3-4-11(6-12)17(18,19)20/h3-9H,10H2,1-2H3,(H,21,22). The minimum absolute atomic E-state index is 0.0339. The van der Waals surface area contributed by atoms with Crippen LogP contribution in [0, 0.1) is 0 Å². The van der Waals surface area contributed by atoms with E-state index in [9.17, 15) is 18.0 Å². The van der Waals surface area contributed by atoms with Gasteiger partial charge in [0, 0.05) is 23.9 Å². The lowest BCUT2D eigenvalue weighted by molar-refractivity contribution is -0.137. The Hall–Kier alpha value is -2.90. The quantitative estimate of drug-likeness (QED) is 0.858. The van der Waals surface area contributed by atoms with Gasteiger partial charge in [-0.05, 0) is 18.2 Å². The number of halogens is 3. The van der Waals surface area contributed by atoms with E-state index in [0.29, 0.717) is 17.2 Å². The maximum absolute atomic E-state index is 12.7. The average Bonchev–Trinajstić information content (AvgIpc) is 2.59. The van der Waals surface area contributed by atoms with Gasteiger partial charge < -0.3 is 19.5 Å². The number of anilines is 1. The molecule has 0 spiro atoms. The van der Waals surface area contributed by atoms with Gasteiger partial charge in [0.05, 0.1) is 19.8 Å². The van der Waals surface area contributed by atoms with Crippen LogP contribution < -0.4 is 19.5 Å². The Labute approximate surface area is 142 Å². The molecule has 1 amide bonds. The number of ether oxygens (including phenoxy) is 3. The molecule has 0 aromatic heterocycles. The zero-order valence-electron chi connectivity index (χ0n) is 13.5. The van der Waals surface area contributed by atoms with Crippen LogP contribution in [0.1, 0.15) is 5.56 Å². The number of alkyl halides is 3. The molecule has 2 rings (SSSR count). The van der Waals surface area contributed by atoms with Crippen LogP contribution in [0.4, 0.5) is 18.9 Å². The van der Waals surface area contributed by atoms with E-state index in [0.717, 1.165) is 12.1 Å². The van der Waals surface area contributed by atoms with Crippen molar-refractivity contribution in [3.8, 4) is 17.2 Å². The zero-order valence-corrected chi connectivity index (χ0v) is 13.5. The van der Waals surface area contributed by atoms with Crippen molar-refractivity contribution in [1.82, 2.24) is 0 Å². The van der Waals surface area contributed by atoms with E-state index >= 15 is 0 Å². The molecule has 2 aromatic rings. The summed E-state index contributed by atoms with van der Waals surface area (Å²) >= 11 is 0. The molecule has 0 aliphatic heterocycles. The van der Waals surface area contributed by atoms with E-state index in [1.165, 1.54) is 26.4 Å². The van der Waals surface area contributed by atoms with Crippen molar-refractivity contribution in [1.29, 1.82) is 0 Å². The largest absolute Gasteiger partial charge is 0.496 e. The van der Waals surface area contributed by atoms with Gasteiger partial charge in [-0.3, -0.25) is 4.79 Å². The molecular weight excluding hydrogens is 339 g/mol. The Balaban J connectivity index is 1.99. The Morgan fingerprint density at radius 2 is 1.60 bits per heavy atom. The van der Waals surface area contributed by atoms with Crippen molar-refractivity contribution in [2.45, 2.75) is 6.18 Å². The molecule has 0 saturated carbocycles. The molecule has 0 aliphatic rings. The fourth-order valence-corrected chi connectivity index (χ4v) is 1.98. The first-order valence-corrected chi connectivity index (χ1v) is 7.15. The smallest absolute Gasteiger partial charge is 0.416 e. The second-order valence-corrected chi connectivity index (χ2v) is 4.96. The van der Waals surface area contributed by atoms with E-state index in [1.54, 1.807) is 18.2 Å². The Morgan fingerprint density at radius 1 is 1.00 bits per heavy atom. The van der Waals surface area contributed by atoms with Gasteiger partial charge in [-0.1, -0.05) is 6.07 Å². The molecule has 2 aromatic carbocycles. The Morgan fingerprint density at radius 3 is 2.16 bits per heavy atom. The maximum Gasteiger partial charge on any atom is 0.416 e. The summed E-state index contributed by atoms with van der Waals surface area (Å²) in [7, 11) is 2.94. The van der Waals surface area contributed by atoms with Crippen molar-refractivity contribution < 1.29 is 32.2 Å². The van der Waals surface area contributed by atoms with Crippen LogP contribution in [0.25, 0.3) is 0 Å². The lowest BCUT2D eigenvalue weighted by Crippen LogP contribution is -2.20. The number of amides is 1. The molecule has 0 fully saturated rings. The lowest BCUT2D eigenvalue weighted by atomic mass is 10.2. The highest BCUT2D eigenvalue weighted by Crippen LogP contribution is 2.31. The summed E-state index contributed by atoms with van der Waals surface area (Å²) in [6.45, 7) is -0.382. The molecule has 25 heavy (non-hydrogen) atoms. The second-order valence-electron chi connectivity index (χ2n) is 4.96. The summed E-state index contributed by atoms with van der Waals surface area (Å²) in [5.74, 6) is 0.691. The van der Waals surface area contributed by atoms with Crippen LogP contribution >= 0.6 is 0 Å². The third-order valence-corrected chi connectivity index (χ3v) is 3.17. The van der Waals surface area contributed by atoms with Gasteiger partial charge in [-0.15, -0.1) is 0 Å². The first-order valence-electron chi connectivity index (χ1n) is 7.15. The second kappa shape index (κ2) is 7.78. The average molecular weight is 355 g/mol. The summed E-state index contributed by atoms with van der Waals surface area (Å²) in [6, 6.07) is 9.10. The summed E-state index contributed by atoms with van der Waals surface area (Å²) in [5, 5.41) is 2.36. The number of nitrogens with one attached hydrogen (secondary N) is 1. The lowest BCUT2D eigenvalue weighted by Gasteiger charge is -2.12. The fraction of sp³-hybridized carbons (Fsp3) is 0.235. The third kappa shape index (κ3) is 5.30. The predicted molar refractivity (Wildman–Crippen MR) is 85.1 cm³/mol. The van der Waals surface area contributed by atoms with Crippen molar-refractivity contribution in [3.63, 3.8) is 0 Å². The van der Waals surface area contributed by atoms with Crippen molar-refractivity contribution in [2.75, 3.05) is 26.1 Å².